The molecule has 2 aromatic rings. The molecule has 8 nitrogen and oxygen atoms in total. The molecule has 0 radical (unpaired) electrons. The third-order valence-electron chi connectivity index (χ3n) is 4.84. The SMILES string of the molecule is CNC(=O)c1c(NC)ncn1CC(O)NC1CCN(Cc2ccccc2)C1. The van der Waals surface area contributed by atoms with Crippen molar-refractivity contribution in [3.63, 3.8) is 0 Å². The molecule has 146 valence electrons. The molecule has 0 aliphatic carbocycles. The second-order valence-electron chi connectivity index (χ2n) is 6.81. The highest BCUT2D eigenvalue weighted by Crippen LogP contribution is 2.16. The van der Waals surface area contributed by atoms with Crippen molar-refractivity contribution in [2.24, 2.45) is 0 Å². The van der Waals surface area contributed by atoms with Crippen molar-refractivity contribution in [2.75, 3.05) is 32.5 Å². The highest BCUT2D eigenvalue weighted by molar-refractivity contribution is 5.97. The Kier molecular flexibility index (Phi) is 6.44. The van der Waals surface area contributed by atoms with Gasteiger partial charge in [0, 0.05) is 39.8 Å². The normalized spacial score (nSPS) is 18.4. The van der Waals surface area contributed by atoms with E-state index in [-0.39, 0.29) is 18.5 Å². The van der Waals surface area contributed by atoms with E-state index in [1.54, 1.807) is 25.0 Å². The Hall–Kier alpha value is -2.42. The molecule has 27 heavy (non-hydrogen) atoms. The number of nitrogens with one attached hydrogen (secondary N) is 3. The van der Waals surface area contributed by atoms with Crippen LogP contribution in [0.25, 0.3) is 0 Å². The van der Waals surface area contributed by atoms with E-state index in [1.807, 2.05) is 6.07 Å². The molecule has 1 amide bonds. The molecule has 0 saturated carbocycles. The fraction of sp³-hybridized carbons (Fsp3) is 0.474. The Morgan fingerprint density at radius 1 is 1.33 bits per heavy atom. The molecule has 8 heteroatoms. The van der Waals surface area contributed by atoms with Gasteiger partial charge >= 0.3 is 0 Å². The zero-order valence-electron chi connectivity index (χ0n) is 15.9. The van der Waals surface area contributed by atoms with Crippen LogP contribution in [0.3, 0.4) is 0 Å². The summed E-state index contributed by atoms with van der Waals surface area (Å²) >= 11 is 0. The molecule has 1 aromatic heterocycles. The summed E-state index contributed by atoms with van der Waals surface area (Å²) in [5.41, 5.74) is 1.71. The molecule has 1 aromatic carbocycles. The molecule has 1 aliphatic rings. The molecular weight excluding hydrogens is 344 g/mol. The van der Waals surface area contributed by atoms with Crippen LogP contribution in [0.5, 0.6) is 0 Å². The highest BCUT2D eigenvalue weighted by atomic mass is 16.3. The monoisotopic (exact) mass is 372 g/mol. The summed E-state index contributed by atoms with van der Waals surface area (Å²) in [6.07, 6.45) is 1.80. The van der Waals surface area contributed by atoms with Crippen LogP contribution in [-0.4, -0.2) is 64.9 Å². The predicted octanol–water partition coefficient (Wildman–Crippen LogP) is 0.467. The molecule has 2 unspecified atom stereocenters. The summed E-state index contributed by atoms with van der Waals surface area (Å²) in [7, 11) is 3.29. The molecule has 1 saturated heterocycles. The maximum Gasteiger partial charge on any atom is 0.271 e. The molecular formula is C19H28N6O2. The number of aliphatic hydroxyl groups is 1. The third-order valence-corrected chi connectivity index (χ3v) is 4.84. The number of aliphatic hydroxyl groups excluding tert-OH is 1. The number of rotatable bonds is 8. The lowest BCUT2D eigenvalue weighted by molar-refractivity contribution is 0.0921. The molecule has 1 fully saturated rings. The molecule has 0 spiro atoms. The lowest BCUT2D eigenvalue weighted by Gasteiger charge is -2.21. The van der Waals surface area contributed by atoms with Crippen LogP contribution in [0, 0.1) is 0 Å². The van der Waals surface area contributed by atoms with Crippen molar-refractivity contribution >= 4 is 11.7 Å². The van der Waals surface area contributed by atoms with Gasteiger partial charge in [0.25, 0.3) is 5.91 Å². The number of benzene rings is 1. The van der Waals surface area contributed by atoms with Crippen LogP contribution >= 0.6 is 0 Å². The summed E-state index contributed by atoms with van der Waals surface area (Å²) in [5, 5.41) is 19.3. The quantitative estimate of drug-likeness (QED) is 0.503. The number of likely N-dealkylation sites (tertiary alicyclic amines) is 1. The summed E-state index contributed by atoms with van der Waals surface area (Å²) in [4.78, 5) is 18.7. The molecule has 2 heterocycles. The third kappa shape index (κ3) is 4.85. The Morgan fingerprint density at radius 2 is 2.11 bits per heavy atom. The fourth-order valence-electron chi connectivity index (χ4n) is 3.53. The van der Waals surface area contributed by atoms with E-state index < -0.39 is 6.23 Å². The summed E-state index contributed by atoms with van der Waals surface area (Å²) in [5.74, 6) is 0.260. The van der Waals surface area contributed by atoms with Gasteiger partial charge in [-0.15, -0.1) is 0 Å². The minimum atomic E-state index is -0.756. The highest BCUT2D eigenvalue weighted by Gasteiger charge is 2.25. The van der Waals surface area contributed by atoms with E-state index >= 15 is 0 Å². The second-order valence-corrected chi connectivity index (χ2v) is 6.81. The van der Waals surface area contributed by atoms with Crippen molar-refractivity contribution in [1.29, 1.82) is 0 Å². The Bertz CT molecular complexity index is 748. The zero-order valence-corrected chi connectivity index (χ0v) is 15.9. The minimum absolute atomic E-state index is 0.222. The predicted molar refractivity (Wildman–Crippen MR) is 104 cm³/mol. The number of imidazole rings is 1. The second kappa shape index (κ2) is 8.98. The van der Waals surface area contributed by atoms with Gasteiger partial charge in [0.1, 0.15) is 6.23 Å². The van der Waals surface area contributed by atoms with E-state index in [2.05, 4.69) is 50.1 Å². The number of anilines is 1. The van der Waals surface area contributed by atoms with Crippen molar-refractivity contribution in [1.82, 2.24) is 25.1 Å². The number of hydrogen-bond acceptors (Lipinski definition) is 6. The van der Waals surface area contributed by atoms with E-state index in [4.69, 9.17) is 0 Å². The first-order chi connectivity index (χ1) is 13.1. The lowest BCUT2D eigenvalue weighted by Crippen LogP contribution is -2.42. The number of amides is 1. The molecule has 4 N–H and O–H groups in total. The molecule has 3 rings (SSSR count). The molecule has 0 bridgehead atoms. The zero-order chi connectivity index (χ0) is 19.2. The number of hydrogen-bond donors (Lipinski definition) is 4. The van der Waals surface area contributed by atoms with Gasteiger partial charge in [-0.1, -0.05) is 30.3 Å². The van der Waals surface area contributed by atoms with Gasteiger partial charge < -0.3 is 20.3 Å². The fourth-order valence-corrected chi connectivity index (χ4v) is 3.53. The van der Waals surface area contributed by atoms with E-state index in [1.165, 1.54) is 5.56 Å². The topological polar surface area (TPSA) is 94.5 Å². The molecule has 1 aliphatic heterocycles. The van der Waals surface area contributed by atoms with Crippen molar-refractivity contribution in [3.05, 3.63) is 47.9 Å². The Labute approximate surface area is 159 Å². The first-order valence-corrected chi connectivity index (χ1v) is 9.26. The minimum Gasteiger partial charge on any atom is -0.377 e. The van der Waals surface area contributed by atoms with Crippen molar-refractivity contribution in [2.45, 2.75) is 31.8 Å². The van der Waals surface area contributed by atoms with Crippen molar-refractivity contribution < 1.29 is 9.90 Å². The van der Waals surface area contributed by atoms with Gasteiger partial charge in [-0.2, -0.15) is 0 Å². The van der Waals surface area contributed by atoms with Gasteiger partial charge in [-0.3, -0.25) is 15.0 Å². The first kappa shape index (κ1) is 19.3. The standard InChI is InChI=1S/C19H28N6O2/c1-20-18-17(19(27)21-2)25(13-22-18)12-16(26)23-15-8-9-24(11-15)10-14-6-4-3-5-7-14/h3-7,13,15-16,20,23,26H,8-12H2,1-2H3,(H,21,27). The number of aromatic nitrogens is 2. The van der Waals surface area contributed by atoms with Gasteiger partial charge in [-0.05, 0) is 12.0 Å². The van der Waals surface area contributed by atoms with Gasteiger partial charge in [-0.25, -0.2) is 4.98 Å². The Balaban J connectivity index is 1.54. The summed E-state index contributed by atoms with van der Waals surface area (Å²) in [6, 6.07) is 10.6. The average Bonchev–Trinajstić information content (AvgIpc) is 3.28. The number of carbonyl (C=O) groups excluding carboxylic acids is 1. The smallest absolute Gasteiger partial charge is 0.271 e. The van der Waals surface area contributed by atoms with Crippen LogP contribution < -0.4 is 16.0 Å². The number of nitrogens with zero attached hydrogens (tertiary/aromatic N) is 3. The van der Waals surface area contributed by atoms with Crippen LogP contribution in [0.2, 0.25) is 0 Å². The van der Waals surface area contributed by atoms with Crippen LogP contribution in [0.4, 0.5) is 5.82 Å². The first-order valence-electron chi connectivity index (χ1n) is 9.26. The molecule has 2 atom stereocenters. The van der Waals surface area contributed by atoms with Crippen LogP contribution in [-0.2, 0) is 13.1 Å². The number of carbonyl (C=O) groups is 1. The summed E-state index contributed by atoms with van der Waals surface area (Å²) in [6.45, 7) is 3.06. The van der Waals surface area contributed by atoms with Gasteiger partial charge in [0.15, 0.2) is 11.5 Å². The maximum absolute atomic E-state index is 12.1. The van der Waals surface area contributed by atoms with Gasteiger partial charge in [0.2, 0.25) is 0 Å². The van der Waals surface area contributed by atoms with Crippen LogP contribution in [0.15, 0.2) is 36.7 Å². The van der Waals surface area contributed by atoms with Crippen molar-refractivity contribution in [3.8, 4) is 0 Å². The lowest BCUT2D eigenvalue weighted by atomic mass is 10.2. The van der Waals surface area contributed by atoms with Gasteiger partial charge in [0.05, 0.1) is 12.9 Å². The average molecular weight is 372 g/mol. The Morgan fingerprint density at radius 3 is 2.81 bits per heavy atom. The van der Waals surface area contributed by atoms with E-state index in [0.29, 0.717) is 11.5 Å². The van der Waals surface area contributed by atoms with E-state index in [0.717, 1.165) is 26.1 Å². The maximum atomic E-state index is 12.1. The van der Waals surface area contributed by atoms with E-state index in [9.17, 15) is 9.90 Å². The van der Waals surface area contributed by atoms with Crippen LogP contribution in [0.1, 0.15) is 22.5 Å². The largest absolute Gasteiger partial charge is 0.377 e. The summed E-state index contributed by atoms with van der Waals surface area (Å²) < 4.78 is 1.67.